The minimum Gasteiger partial charge on any atom is -0.490 e. The van der Waals surface area contributed by atoms with Crippen molar-refractivity contribution < 1.29 is 19.1 Å². The molecule has 1 heterocycles. The smallest absolute Gasteiger partial charge is 0.270 e. The molecule has 37 heavy (non-hydrogen) atoms. The van der Waals surface area contributed by atoms with Gasteiger partial charge >= 0.3 is 0 Å². The molecule has 1 N–H and O–H groups in total. The van der Waals surface area contributed by atoms with Crippen LogP contribution in [0.5, 0.6) is 11.5 Å². The monoisotopic (exact) mass is 532 g/mol. The van der Waals surface area contributed by atoms with Crippen molar-refractivity contribution in [3.8, 4) is 11.5 Å². The Balaban J connectivity index is 1.47. The zero-order valence-electron chi connectivity index (χ0n) is 20.9. The van der Waals surface area contributed by atoms with Gasteiger partial charge in [0.05, 0.1) is 17.2 Å². The van der Waals surface area contributed by atoms with E-state index in [2.05, 4.69) is 5.32 Å². The molecule has 0 saturated carbocycles. The number of hydrogen-bond donors (Lipinski definition) is 1. The molecule has 0 spiro atoms. The van der Waals surface area contributed by atoms with Gasteiger partial charge in [0, 0.05) is 5.69 Å². The molecule has 0 aliphatic carbocycles. The minimum atomic E-state index is -0.257. The van der Waals surface area contributed by atoms with Crippen LogP contribution in [0.2, 0.25) is 0 Å². The Kier molecular flexibility index (Phi) is 8.63. The number of nitrogens with one attached hydrogen (secondary N) is 1. The highest BCUT2D eigenvalue weighted by Crippen LogP contribution is 2.37. The lowest BCUT2D eigenvalue weighted by atomic mass is 10.1. The SMILES string of the molecule is CCOc1cc(/C=C2\SC(=S)N(c3ccc(C)cc3)C2=O)ccc1OCC(=O)Nc1ccccc1CC. The van der Waals surface area contributed by atoms with E-state index in [-0.39, 0.29) is 18.4 Å². The molecule has 0 radical (unpaired) electrons. The van der Waals surface area contributed by atoms with E-state index in [1.807, 2.05) is 75.4 Å². The molecule has 8 heteroatoms. The molecule has 4 rings (SSSR count). The van der Waals surface area contributed by atoms with E-state index in [1.54, 1.807) is 23.1 Å². The number of hydrogen-bond acceptors (Lipinski definition) is 6. The summed E-state index contributed by atoms with van der Waals surface area (Å²) in [5, 5.41) is 2.90. The molecule has 1 saturated heterocycles. The zero-order chi connectivity index (χ0) is 26.4. The number of benzene rings is 3. The van der Waals surface area contributed by atoms with Crippen molar-refractivity contribution in [1.29, 1.82) is 0 Å². The Morgan fingerprint density at radius 1 is 1.03 bits per heavy atom. The molecule has 0 aromatic heterocycles. The number of aryl methyl sites for hydroxylation is 2. The summed E-state index contributed by atoms with van der Waals surface area (Å²) in [4.78, 5) is 27.7. The molecule has 3 aromatic carbocycles. The van der Waals surface area contributed by atoms with E-state index in [0.29, 0.717) is 27.3 Å². The molecule has 1 aliphatic heterocycles. The number of carbonyl (C=O) groups is 2. The molecular formula is C29H28N2O4S2. The number of para-hydroxylation sites is 1. The van der Waals surface area contributed by atoms with E-state index >= 15 is 0 Å². The largest absolute Gasteiger partial charge is 0.490 e. The third-order valence-corrected chi connectivity index (χ3v) is 6.98. The highest BCUT2D eigenvalue weighted by Gasteiger charge is 2.33. The summed E-state index contributed by atoms with van der Waals surface area (Å²) in [5.74, 6) is 0.519. The molecule has 1 fully saturated rings. The molecule has 190 valence electrons. The lowest BCUT2D eigenvalue weighted by Crippen LogP contribution is -2.27. The van der Waals surface area contributed by atoms with Crippen molar-refractivity contribution in [3.63, 3.8) is 0 Å². The van der Waals surface area contributed by atoms with Crippen molar-refractivity contribution in [3.05, 3.63) is 88.3 Å². The lowest BCUT2D eigenvalue weighted by Gasteiger charge is -2.14. The first kappa shape index (κ1) is 26.4. The maximum atomic E-state index is 13.1. The normalized spacial score (nSPS) is 14.2. The predicted octanol–water partition coefficient (Wildman–Crippen LogP) is 6.38. The molecule has 6 nitrogen and oxygen atoms in total. The highest BCUT2D eigenvalue weighted by atomic mass is 32.2. The molecule has 0 unspecified atom stereocenters. The first-order valence-electron chi connectivity index (χ1n) is 12.0. The van der Waals surface area contributed by atoms with Gasteiger partial charge in [0.25, 0.3) is 11.8 Å². The van der Waals surface area contributed by atoms with Crippen molar-refractivity contribution in [1.82, 2.24) is 0 Å². The first-order chi connectivity index (χ1) is 17.9. The van der Waals surface area contributed by atoms with Gasteiger partial charge in [-0.15, -0.1) is 0 Å². The number of anilines is 2. The maximum Gasteiger partial charge on any atom is 0.270 e. The zero-order valence-corrected chi connectivity index (χ0v) is 22.6. The summed E-state index contributed by atoms with van der Waals surface area (Å²) in [6.45, 7) is 6.17. The molecule has 2 amide bonds. The summed E-state index contributed by atoms with van der Waals surface area (Å²) in [6.07, 6.45) is 2.60. The Labute approximate surface area is 226 Å². The quantitative estimate of drug-likeness (QED) is 0.255. The van der Waals surface area contributed by atoms with E-state index in [4.69, 9.17) is 21.7 Å². The van der Waals surface area contributed by atoms with Crippen LogP contribution in [0.25, 0.3) is 6.08 Å². The van der Waals surface area contributed by atoms with E-state index in [1.165, 1.54) is 11.8 Å². The van der Waals surface area contributed by atoms with E-state index in [9.17, 15) is 9.59 Å². The average molecular weight is 533 g/mol. The Morgan fingerprint density at radius 2 is 1.78 bits per heavy atom. The predicted molar refractivity (Wildman–Crippen MR) is 154 cm³/mol. The van der Waals surface area contributed by atoms with Crippen LogP contribution in [0.15, 0.2) is 71.6 Å². The molecule has 1 aliphatic rings. The minimum absolute atomic E-state index is 0.160. The van der Waals surface area contributed by atoms with E-state index in [0.717, 1.165) is 34.5 Å². The van der Waals surface area contributed by atoms with Gasteiger partial charge in [0.15, 0.2) is 22.4 Å². The number of rotatable bonds is 9. The maximum absolute atomic E-state index is 13.1. The van der Waals surface area contributed by atoms with Crippen molar-refractivity contribution >= 4 is 57.6 Å². The van der Waals surface area contributed by atoms with Crippen LogP contribution in [-0.4, -0.2) is 29.3 Å². The number of ether oxygens (including phenoxy) is 2. The van der Waals surface area contributed by atoms with Gasteiger partial charge in [-0.1, -0.05) is 72.9 Å². The third-order valence-electron chi connectivity index (χ3n) is 5.68. The number of nitrogens with zero attached hydrogens (tertiary/aromatic N) is 1. The van der Waals surface area contributed by atoms with Crippen LogP contribution < -0.4 is 19.7 Å². The van der Waals surface area contributed by atoms with E-state index < -0.39 is 0 Å². The average Bonchev–Trinajstić information content (AvgIpc) is 3.17. The van der Waals surface area contributed by atoms with Crippen LogP contribution in [0.4, 0.5) is 11.4 Å². The topological polar surface area (TPSA) is 67.9 Å². The number of carbonyl (C=O) groups excluding carboxylic acids is 2. The van der Waals surface area contributed by atoms with Crippen LogP contribution in [0.1, 0.15) is 30.5 Å². The molecular weight excluding hydrogens is 504 g/mol. The second-order valence-corrected chi connectivity index (χ2v) is 10.0. The van der Waals surface area contributed by atoms with Crippen LogP contribution >= 0.6 is 24.0 Å². The lowest BCUT2D eigenvalue weighted by molar-refractivity contribution is -0.118. The Bertz CT molecular complexity index is 1350. The summed E-state index contributed by atoms with van der Waals surface area (Å²) in [7, 11) is 0. The fraction of sp³-hybridized carbons (Fsp3) is 0.207. The Hall–Kier alpha value is -3.62. The molecule has 3 aromatic rings. The van der Waals surface area contributed by atoms with Gasteiger partial charge in [0.2, 0.25) is 0 Å². The fourth-order valence-electron chi connectivity index (χ4n) is 3.82. The molecule has 0 bridgehead atoms. The van der Waals surface area contributed by atoms with Crippen molar-refractivity contribution in [2.75, 3.05) is 23.4 Å². The summed E-state index contributed by atoms with van der Waals surface area (Å²) in [5.41, 5.74) is 4.46. The highest BCUT2D eigenvalue weighted by molar-refractivity contribution is 8.27. The summed E-state index contributed by atoms with van der Waals surface area (Å²) in [6, 6.07) is 20.7. The van der Waals surface area contributed by atoms with Crippen LogP contribution in [-0.2, 0) is 16.0 Å². The fourth-order valence-corrected chi connectivity index (χ4v) is 5.12. The van der Waals surface area contributed by atoms with Crippen molar-refractivity contribution in [2.45, 2.75) is 27.2 Å². The number of thiocarbonyl (C=S) groups is 1. The van der Waals surface area contributed by atoms with Gasteiger partial charge < -0.3 is 14.8 Å². The summed E-state index contributed by atoms with van der Waals surface area (Å²) >= 11 is 6.74. The third kappa shape index (κ3) is 6.39. The van der Waals surface area contributed by atoms with Gasteiger partial charge in [-0.05, 0) is 67.8 Å². The van der Waals surface area contributed by atoms with Gasteiger partial charge in [-0.25, -0.2) is 0 Å². The summed E-state index contributed by atoms with van der Waals surface area (Å²) < 4.78 is 12.0. The van der Waals surface area contributed by atoms with Crippen LogP contribution in [0.3, 0.4) is 0 Å². The van der Waals surface area contributed by atoms with Crippen molar-refractivity contribution in [2.24, 2.45) is 0 Å². The second kappa shape index (κ2) is 12.1. The van der Waals surface area contributed by atoms with Gasteiger partial charge in [-0.3, -0.25) is 14.5 Å². The first-order valence-corrected chi connectivity index (χ1v) is 13.2. The molecule has 0 atom stereocenters. The van der Waals surface area contributed by atoms with Crippen LogP contribution in [0, 0.1) is 6.92 Å². The number of amides is 2. The standard InChI is InChI=1S/C29H28N2O4S2/c1-4-21-8-6-7-9-23(21)30-27(32)18-35-24-15-12-20(16-25(24)34-5-2)17-26-28(33)31(29(36)37-26)22-13-10-19(3)11-14-22/h6-17H,4-5,18H2,1-3H3,(H,30,32)/b26-17-. The number of thioether (sulfide) groups is 1. The van der Waals surface area contributed by atoms with Gasteiger partial charge in [0.1, 0.15) is 0 Å². The second-order valence-electron chi connectivity index (χ2n) is 8.34. The Morgan fingerprint density at radius 3 is 2.51 bits per heavy atom. The van der Waals surface area contributed by atoms with Gasteiger partial charge in [-0.2, -0.15) is 0 Å².